The Labute approximate surface area is 277 Å². The third-order valence-electron chi connectivity index (χ3n) is 7.71. The Balaban J connectivity index is 0.00000142. The molecule has 3 atom stereocenters. The Morgan fingerprint density at radius 2 is 1.40 bits per heavy atom. The van der Waals surface area contributed by atoms with Crippen LogP contribution >= 0.6 is 0 Å². The van der Waals surface area contributed by atoms with Gasteiger partial charge in [-0.15, -0.1) is 0 Å². The quantitative estimate of drug-likeness (QED) is 0.102. The van der Waals surface area contributed by atoms with Crippen molar-refractivity contribution in [1.29, 1.82) is 0 Å². The first-order chi connectivity index (χ1) is 22.6. The Bertz CT molecular complexity index is 1440. The summed E-state index contributed by atoms with van der Waals surface area (Å²) in [6.45, 7) is 2.45. The zero-order valence-corrected chi connectivity index (χ0v) is 27.0. The number of likely N-dealkylation sites (tertiary alicyclic amines) is 1. The van der Waals surface area contributed by atoms with Crippen molar-refractivity contribution in [2.45, 2.75) is 64.1 Å². The molecule has 4 rings (SSSR count). The van der Waals surface area contributed by atoms with E-state index >= 15 is 0 Å². The zero-order chi connectivity index (χ0) is 34.0. The van der Waals surface area contributed by atoms with Gasteiger partial charge in [0, 0.05) is 33.0 Å². The summed E-state index contributed by atoms with van der Waals surface area (Å²) in [6.07, 6.45) is 2.97. The molecule has 4 amide bonds. The second kappa shape index (κ2) is 19.4. The molecule has 8 N–H and O–H groups in total. The van der Waals surface area contributed by atoms with Crippen molar-refractivity contribution in [3.63, 3.8) is 0 Å². The standard InChI is InChI=1S/C34H42N6O3.C2H5NO/c35-34(36)37-20-10-17-29(39-31(41)19-18-25-11-4-1-5-12-25)33(43)40-24-28(21-26-13-6-2-7-14-26)22-30(40)32(42)38-23-27-15-8-3-9-16-27;1-2(3)4/h1-9,11-16,28-30H,10,17-24H2,(H,38,42)(H,39,41)(H4,35,36,37);1H3,(H2,3,4)/t28-,29+,30+;/m1./s1. The molecule has 1 aliphatic rings. The molecule has 0 radical (unpaired) electrons. The second-order valence-corrected chi connectivity index (χ2v) is 11.7. The van der Waals surface area contributed by atoms with Crippen molar-refractivity contribution in [1.82, 2.24) is 15.5 Å². The van der Waals surface area contributed by atoms with Crippen molar-refractivity contribution in [2.24, 2.45) is 28.1 Å². The van der Waals surface area contributed by atoms with Crippen LogP contribution in [0.3, 0.4) is 0 Å². The number of primary amides is 1. The van der Waals surface area contributed by atoms with Crippen LogP contribution in [0.15, 0.2) is 96.0 Å². The Hall–Kier alpha value is -5.19. The minimum Gasteiger partial charge on any atom is -0.370 e. The predicted octanol–water partition coefficient (Wildman–Crippen LogP) is 2.43. The van der Waals surface area contributed by atoms with E-state index in [1.54, 1.807) is 4.90 Å². The van der Waals surface area contributed by atoms with Gasteiger partial charge in [0.1, 0.15) is 12.1 Å². The predicted molar refractivity (Wildman–Crippen MR) is 184 cm³/mol. The molecule has 47 heavy (non-hydrogen) atoms. The molecule has 1 heterocycles. The van der Waals surface area contributed by atoms with Crippen molar-refractivity contribution < 1.29 is 19.2 Å². The summed E-state index contributed by atoms with van der Waals surface area (Å²) in [7, 11) is 0. The van der Waals surface area contributed by atoms with Crippen LogP contribution in [-0.2, 0) is 38.6 Å². The van der Waals surface area contributed by atoms with E-state index in [2.05, 4.69) is 33.5 Å². The van der Waals surface area contributed by atoms with Crippen LogP contribution in [0.1, 0.15) is 49.3 Å². The molecule has 1 saturated heterocycles. The highest BCUT2D eigenvalue weighted by atomic mass is 16.2. The minimum atomic E-state index is -0.794. The molecule has 11 nitrogen and oxygen atoms in total. The summed E-state index contributed by atoms with van der Waals surface area (Å²) < 4.78 is 0. The van der Waals surface area contributed by atoms with Gasteiger partial charge in [-0.1, -0.05) is 91.0 Å². The molecule has 0 saturated carbocycles. The van der Waals surface area contributed by atoms with Gasteiger partial charge in [0.15, 0.2) is 5.96 Å². The van der Waals surface area contributed by atoms with E-state index in [0.29, 0.717) is 45.3 Å². The van der Waals surface area contributed by atoms with Crippen molar-refractivity contribution in [3.8, 4) is 0 Å². The van der Waals surface area contributed by atoms with Gasteiger partial charge in [0.05, 0.1) is 0 Å². The van der Waals surface area contributed by atoms with Gasteiger partial charge in [0.25, 0.3) is 0 Å². The second-order valence-electron chi connectivity index (χ2n) is 11.7. The smallest absolute Gasteiger partial charge is 0.245 e. The Morgan fingerprint density at radius 1 is 0.851 bits per heavy atom. The first-order valence-electron chi connectivity index (χ1n) is 15.9. The van der Waals surface area contributed by atoms with Crippen LogP contribution in [0.25, 0.3) is 0 Å². The third-order valence-corrected chi connectivity index (χ3v) is 7.71. The number of hydrogen-bond donors (Lipinski definition) is 5. The maximum absolute atomic E-state index is 14.1. The molecule has 0 spiro atoms. The monoisotopic (exact) mass is 641 g/mol. The molecule has 0 bridgehead atoms. The van der Waals surface area contributed by atoms with Gasteiger partial charge in [-0.05, 0) is 54.7 Å². The number of aliphatic imine (C=N–C) groups is 1. The average molecular weight is 642 g/mol. The number of amides is 4. The SMILES string of the molecule is CC(N)=O.NC(N)=NCCC[C@H](NC(=O)CCc1ccccc1)C(=O)N1C[C@H](Cc2ccccc2)C[C@H]1C(=O)NCc1ccccc1. The highest BCUT2D eigenvalue weighted by Crippen LogP contribution is 2.28. The topological polar surface area (TPSA) is 186 Å². The fourth-order valence-electron chi connectivity index (χ4n) is 5.54. The van der Waals surface area contributed by atoms with E-state index in [4.69, 9.17) is 11.5 Å². The number of nitrogens with two attached hydrogens (primary N) is 3. The summed E-state index contributed by atoms with van der Waals surface area (Å²) in [5, 5.41) is 5.99. The van der Waals surface area contributed by atoms with Gasteiger partial charge in [-0.25, -0.2) is 0 Å². The fourth-order valence-corrected chi connectivity index (χ4v) is 5.54. The summed E-state index contributed by atoms with van der Waals surface area (Å²) in [4.78, 5) is 55.6. The molecule has 250 valence electrons. The van der Waals surface area contributed by atoms with E-state index in [0.717, 1.165) is 23.1 Å². The number of aryl methyl sites for hydroxylation is 1. The number of nitrogens with one attached hydrogen (secondary N) is 2. The number of guanidine groups is 1. The Morgan fingerprint density at radius 3 is 1.98 bits per heavy atom. The molecule has 0 unspecified atom stereocenters. The molecule has 0 aromatic heterocycles. The summed E-state index contributed by atoms with van der Waals surface area (Å²) in [6, 6.07) is 28.1. The normalized spacial score (nSPS) is 15.8. The van der Waals surface area contributed by atoms with Crippen molar-refractivity contribution >= 4 is 29.6 Å². The molecule has 3 aromatic rings. The molecular weight excluding hydrogens is 594 g/mol. The van der Waals surface area contributed by atoms with E-state index in [1.807, 2.05) is 78.9 Å². The van der Waals surface area contributed by atoms with Gasteiger partial charge in [-0.3, -0.25) is 24.2 Å². The van der Waals surface area contributed by atoms with Crippen LogP contribution in [-0.4, -0.2) is 59.7 Å². The lowest BCUT2D eigenvalue weighted by molar-refractivity contribution is -0.141. The fraction of sp³-hybridized carbons (Fsp3) is 0.361. The summed E-state index contributed by atoms with van der Waals surface area (Å²) in [5.74, 6) is -0.909. The van der Waals surface area contributed by atoms with E-state index in [1.165, 1.54) is 6.92 Å². The van der Waals surface area contributed by atoms with Gasteiger partial charge >= 0.3 is 0 Å². The maximum Gasteiger partial charge on any atom is 0.245 e. The molecular formula is C36H47N7O4. The number of nitrogens with zero attached hydrogens (tertiary/aromatic N) is 2. The molecule has 1 fully saturated rings. The van der Waals surface area contributed by atoms with Gasteiger partial charge in [0.2, 0.25) is 23.6 Å². The number of benzene rings is 3. The first-order valence-corrected chi connectivity index (χ1v) is 15.9. The summed E-state index contributed by atoms with van der Waals surface area (Å²) >= 11 is 0. The van der Waals surface area contributed by atoms with Crippen LogP contribution in [0, 0.1) is 5.92 Å². The van der Waals surface area contributed by atoms with Crippen LogP contribution in [0.5, 0.6) is 0 Å². The van der Waals surface area contributed by atoms with Crippen molar-refractivity contribution in [3.05, 3.63) is 108 Å². The molecule has 3 aromatic carbocycles. The largest absolute Gasteiger partial charge is 0.370 e. The van der Waals surface area contributed by atoms with Gasteiger partial charge < -0.3 is 32.7 Å². The average Bonchev–Trinajstić information content (AvgIpc) is 3.48. The Kier molecular flexibility index (Phi) is 14.9. The molecule has 0 aliphatic carbocycles. The number of rotatable bonds is 14. The van der Waals surface area contributed by atoms with Crippen LogP contribution in [0.4, 0.5) is 0 Å². The lowest BCUT2D eigenvalue weighted by Crippen LogP contribution is -2.53. The molecule has 11 heteroatoms. The highest BCUT2D eigenvalue weighted by molar-refractivity contribution is 5.92. The summed E-state index contributed by atoms with van der Waals surface area (Å²) in [5.41, 5.74) is 18.6. The highest BCUT2D eigenvalue weighted by Gasteiger charge is 2.41. The van der Waals surface area contributed by atoms with Crippen LogP contribution < -0.4 is 27.8 Å². The number of carbonyl (C=O) groups excluding carboxylic acids is 4. The van der Waals surface area contributed by atoms with E-state index < -0.39 is 12.1 Å². The third kappa shape index (κ3) is 13.4. The lowest BCUT2D eigenvalue weighted by Gasteiger charge is -2.29. The van der Waals surface area contributed by atoms with E-state index in [9.17, 15) is 19.2 Å². The number of carbonyl (C=O) groups is 4. The minimum absolute atomic E-state index is 0.0202. The lowest BCUT2D eigenvalue weighted by atomic mass is 9.96. The first kappa shape index (κ1) is 36.3. The molecule has 1 aliphatic heterocycles. The van der Waals surface area contributed by atoms with Crippen LogP contribution in [0.2, 0.25) is 0 Å². The van der Waals surface area contributed by atoms with E-state index in [-0.39, 0.29) is 41.9 Å². The van der Waals surface area contributed by atoms with Crippen molar-refractivity contribution in [2.75, 3.05) is 13.1 Å². The maximum atomic E-state index is 14.1. The number of hydrogen-bond acceptors (Lipinski definition) is 5. The zero-order valence-electron chi connectivity index (χ0n) is 27.0. The van der Waals surface area contributed by atoms with Gasteiger partial charge in [-0.2, -0.15) is 0 Å².